The van der Waals surface area contributed by atoms with E-state index in [1.54, 1.807) is 0 Å². The average Bonchev–Trinajstić information content (AvgIpc) is 2.02. The van der Waals surface area contributed by atoms with Crippen LogP contribution in [0.1, 0.15) is 58.3 Å². The summed E-state index contributed by atoms with van der Waals surface area (Å²) in [7, 11) is 0. The van der Waals surface area contributed by atoms with Gasteiger partial charge in [-0.2, -0.15) is 0 Å². The van der Waals surface area contributed by atoms with E-state index in [9.17, 15) is 9.90 Å². The summed E-state index contributed by atoms with van der Waals surface area (Å²) >= 11 is 0. The molecular formula is C10H19AgO2. The Bertz CT molecular complexity index is 115. The summed E-state index contributed by atoms with van der Waals surface area (Å²) in [4.78, 5) is 10.0. The van der Waals surface area contributed by atoms with Crippen molar-refractivity contribution in [2.45, 2.75) is 58.3 Å². The Balaban J connectivity index is 0. The summed E-state index contributed by atoms with van der Waals surface area (Å²) in [6.45, 7) is 2.19. The molecule has 0 fully saturated rings. The zero-order valence-electron chi connectivity index (χ0n) is 8.27. The number of carbonyl (C=O) groups excluding carboxylic acids is 1. The largest absolute Gasteiger partial charge is 1.00 e. The Labute approximate surface area is 96.6 Å². The molecule has 0 heterocycles. The van der Waals surface area contributed by atoms with E-state index >= 15 is 0 Å². The van der Waals surface area contributed by atoms with Gasteiger partial charge >= 0.3 is 22.4 Å². The minimum atomic E-state index is -0.913. The molecule has 0 aliphatic heterocycles. The Morgan fingerprint density at radius 2 is 1.46 bits per heavy atom. The maximum absolute atomic E-state index is 10.0. The number of aliphatic carboxylic acids is 1. The van der Waals surface area contributed by atoms with Crippen LogP contribution in [0.5, 0.6) is 0 Å². The molecular weight excluding hydrogens is 260 g/mol. The van der Waals surface area contributed by atoms with Crippen molar-refractivity contribution < 1.29 is 32.3 Å². The molecule has 0 rings (SSSR count). The number of carboxylic acids is 1. The van der Waals surface area contributed by atoms with Crippen LogP contribution in [-0.4, -0.2) is 5.97 Å². The SMILES string of the molecule is CCCCCCCCCC(=O)[O-].[Ag+]. The molecule has 0 amide bonds. The number of rotatable bonds is 8. The van der Waals surface area contributed by atoms with Crippen LogP contribution in [0.15, 0.2) is 0 Å². The molecule has 0 aromatic carbocycles. The van der Waals surface area contributed by atoms with E-state index in [1.807, 2.05) is 0 Å². The second-order valence-corrected chi connectivity index (χ2v) is 3.24. The van der Waals surface area contributed by atoms with Crippen molar-refractivity contribution in [1.82, 2.24) is 0 Å². The van der Waals surface area contributed by atoms with E-state index in [0.717, 1.165) is 12.8 Å². The van der Waals surface area contributed by atoms with E-state index in [1.165, 1.54) is 32.1 Å². The molecule has 0 aromatic heterocycles. The summed E-state index contributed by atoms with van der Waals surface area (Å²) in [5.74, 6) is -0.913. The third-order valence-electron chi connectivity index (χ3n) is 1.98. The molecule has 0 atom stereocenters. The topological polar surface area (TPSA) is 40.1 Å². The van der Waals surface area contributed by atoms with E-state index in [0.29, 0.717) is 0 Å². The van der Waals surface area contributed by atoms with Crippen LogP contribution in [0.4, 0.5) is 0 Å². The van der Waals surface area contributed by atoms with Crippen LogP contribution >= 0.6 is 0 Å². The standard InChI is InChI=1S/C10H20O2.Ag/c1-2-3-4-5-6-7-8-9-10(11)12;/h2-9H2,1H3,(H,11,12);/q;+1/p-1. The van der Waals surface area contributed by atoms with Gasteiger partial charge in [0, 0.05) is 5.97 Å². The van der Waals surface area contributed by atoms with Crippen LogP contribution in [0.25, 0.3) is 0 Å². The molecule has 0 aliphatic carbocycles. The van der Waals surface area contributed by atoms with Crippen molar-refractivity contribution in [3.05, 3.63) is 0 Å². The quantitative estimate of drug-likeness (QED) is 0.502. The maximum atomic E-state index is 10.0. The van der Waals surface area contributed by atoms with E-state index < -0.39 is 5.97 Å². The van der Waals surface area contributed by atoms with Crippen LogP contribution in [0.3, 0.4) is 0 Å². The van der Waals surface area contributed by atoms with E-state index in [-0.39, 0.29) is 28.8 Å². The number of hydrogen-bond acceptors (Lipinski definition) is 2. The summed E-state index contributed by atoms with van der Waals surface area (Å²) in [5, 5.41) is 10.0. The zero-order chi connectivity index (χ0) is 9.23. The van der Waals surface area contributed by atoms with Crippen molar-refractivity contribution in [2.24, 2.45) is 0 Å². The molecule has 3 heteroatoms. The van der Waals surface area contributed by atoms with E-state index in [2.05, 4.69) is 6.92 Å². The Morgan fingerprint density at radius 3 is 1.92 bits per heavy atom. The number of hydrogen-bond donors (Lipinski definition) is 0. The van der Waals surface area contributed by atoms with Crippen LogP contribution < -0.4 is 5.11 Å². The van der Waals surface area contributed by atoms with Gasteiger partial charge in [-0.1, -0.05) is 45.4 Å². The monoisotopic (exact) mass is 278 g/mol. The third-order valence-corrected chi connectivity index (χ3v) is 1.98. The number of carbonyl (C=O) groups is 1. The molecule has 0 saturated heterocycles. The second-order valence-electron chi connectivity index (χ2n) is 3.24. The predicted molar refractivity (Wildman–Crippen MR) is 47.6 cm³/mol. The summed E-state index contributed by atoms with van der Waals surface area (Å²) in [5.41, 5.74) is 0. The molecule has 0 saturated carbocycles. The smallest absolute Gasteiger partial charge is 0.550 e. The third kappa shape index (κ3) is 15.0. The van der Waals surface area contributed by atoms with Gasteiger partial charge in [-0.3, -0.25) is 0 Å². The van der Waals surface area contributed by atoms with Crippen LogP contribution in [-0.2, 0) is 27.2 Å². The fraction of sp³-hybridized carbons (Fsp3) is 0.900. The number of carboxylic acid groups (broad SMARTS) is 1. The zero-order valence-corrected chi connectivity index (χ0v) is 9.76. The molecule has 0 N–H and O–H groups in total. The van der Waals surface area contributed by atoms with Crippen molar-refractivity contribution in [2.75, 3.05) is 0 Å². The minimum absolute atomic E-state index is 0. The molecule has 2 nitrogen and oxygen atoms in total. The molecule has 82 valence electrons. The molecule has 0 aliphatic rings. The Hall–Kier alpha value is 0.210. The summed E-state index contributed by atoms with van der Waals surface area (Å²) < 4.78 is 0. The first kappa shape index (κ1) is 15.7. The molecule has 0 radical (unpaired) electrons. The average molecular weight is 279 g/mol. The van der Waals surface area contributed by atoms with Gasteiger partial charge in [-0.25, -0.2) is 0 Å². The molecule has 0 spiro atoms. The van der Waals surface area contributed by atoms with Crippen LogP contribution in [0.2, 0.25) is 0 Å². The Kier molecular flexibility index (Phi) is 14.7. The molecule has 0 aromatic rings. The van der Waals surface area contributed by atoms with Gasteiger partial charge in [0.05, 0.1) is 0 Å². The van der Waals surface area contributed by atoms with Gasteiger partial charge in [-0.05, 0) is 12.8 Å². The predicted octanol–water partition coefficient (Wildman–Crippen LogP) is 1.87. The molecule has 0 unspecified atom stereocenters. The van der Waals surface area contributed by atoms with Gasteiger partial charge in [0.1, 0.15) is 0 Å². The van der Waals surface area contributed by atoms with Gasteiger partial charge in [0.25, 0.3) is 0 Å². The molecule has 0 bridgehead atoms. The first-order valence-corrected chi connectivity index (χ1v) is 4.97. The summed E-state index contributed by atoms with van der Waals surface area (Å²) in [6.07, 6.45) is 8.34. The van der Waals surface area contributed by atoms with Crippen molar-refractivity contribution in [3.8, 4) is 0 Å². The van der Waals surface area contributed by atoms with Gasteiger partial charge in [0.15, 0.2) is 0 Å². The fourth-order valence-corrected chi connectivity index (χ4v) is 1.23. The van der Waals surface area contributed by atoms with Crippen LogP contribution in [0, 0.1) is 0 Å². The maximum Gasteiger partial charge on any atom is 1.00 e. The van der Waals surface area contributed by atoms with Gasteiger partial charge in [0.2, 0.25) is 0 Å². The number of unbranched alkanes of at least 4 members (excludes halogenated alkanes) is 6. The van der Waals surface area contributed by atoms with Gasteiger partial charge in [-0.15, -0.1) is 0 Å². The first-order chi connectivity index (χ1) is 5.77. The van der Waals surface area contributed by atoms with Crippen molar-refractivity contribution in [3.63, 3.8) is 0 Å². The Morgan fingerprint density at radius 1 is 1.00 bits per heavy atom. The van der Waals surface area contributed by atoms with Crippen molar-refractivity contribution >= 4 is 5.97 Å². The minimum Gasteiger partial charge on any atom is -0.550 e. The first-order valence-electron chi connectivity index (χ1n) is 4.97. The second kappa shape index (κ2) is 12.2. The summed E-state index contributed by atoms with van der Waals surface area (Å²) in [6, 6.07) is 0. The fourth-order valence-electron chi connectivity index (χ4n) is 1.23. The molecule has 13 heavy (non-hydrogen) atoms. The van der Waals surface area contributed by atoms with Gasteiger partial charge < -0.3 is 9.90 Å². The normalized spacial score (nSPS) is 9.31. The van der Waals surface area contributed by atoms with E-state index in [4.69, 9.17) is 0 Å². The van der Waals surface area contributed by atoms with Crippen molar-refractivity contribution in [1.29, 1.82) is 0 Å².